The first kappa shape index (κ1) is 10.1. The molecule has 1 rings (SSSR count). The van der Waals surface area contributed by atoms with Gasteiger partial charge in [0.2, 0.25) is 0 Å². The molecule has 0 saturated heterocycles. The van der Waals surface area contributed by atoms with E-state index in [1.54, 1.807) is 0 Å². The number of allylic oxidation sites excluding steroid dienone is 4. The highest BCUT2D eigenvalue weighted by Crippen LogP contribution is 2.33. The smallest absolute Gasteiger partial charge is 0.115 e. The average molecular weight is 178 g/mol. The van der Waals surface area contributed by atoms with E-state index in [4.69, 9.17) is 0 Å². The Balaban J connectivity index is 3.01. The Hall–Kier alpha value is -0.980. The maximum atomic E-state index is 9.69. The van der Waals surface area contributed by atoms with Crippen molar-refractivity contribution >= 4 is 0 Å². The molecule has 2 unspecified atom stereocenters. The van der Waals surface area contributed by atoms with Gasteiger partial charge >= 0.3 is 0 Å². The van der Waals surface area contributed by atoms with Crippen molar-refractivity contribution in [3.05, 3.63) is 35.6 Å². The second-order valence-electron chi connectivity index (χ2n) is 3.99. The first-order valence-electron chi connectivity index (χ1n) is 4.76. The zero-order chi connectivity index (χ0) is 10.0. The van der Waals surface area contributed by atoms with Crippen LogP contribution < -0.4 is 0 Å². The molecule has 0 bridgehead atoms. The van der Waals surface area contributed by atoms with Crippen molar-refractivity contribution < 1.29 is 5.11 Å². The molecular formula is C12H18O. The first-order valence-corrected chi connectivity index (χ1v) is 4.76. The normalized spacial score (nSPS) is 28.2. The van der Waals surface area contributed by atoms with E-state index in [0.29, 0.717) is 17.6 Å². The van der Waals surface area contributed by atoms with Crippen molar-refractivity contribution in [1.29, 1.82) is 0 Å². The Morgan fingerprint density at radius 2 is 2.23 bits per heavy atom. The van der Waals surface area contributed by atoms with Crippen LogP contribution in [-0.2, 0) is 0 Å². The van der Waals surface area contributed by atoms with Crippen LogP contribution in [0.3, 0.4) is 0 Å². The van der Waals surface area contributed by atoms with Crippen molar-refractivity contribution in [2.75, 3.05) is 0 Å². The molecule has 2 atom stereocenters. The molecule has 0 aromatic carbocycles. The van der Waals surface area contributed by atoms with Crippen molar-refractivity contribution in [2.24, 2.45) is 11.8 Å². The van der Waals surface area contributed by atoms with E-state index in [1.165, 1.54) is 5.57 Å². The molecule has 0 amide bonds. The van der Waals surface area contributed by atoms with E-state index in [9.17, 15) is 5.11 Å². The van der Waals surface area contributed by atoms with Gasteiger partial charge in [-0.15, -0.1) is 6.58 Å². The summed E-state index contributed by atoms with van der Waals surface area (Å²) in [7, 11) is 0. The molecule has 0 aromatic heterocycles. The van der Waals surface area contributed by atoms with E-state index in [2.05, 4.69) is 13.5 Å². The Labute approximate surface area is 80.5 Å². The van der Waals surface area contributed by atoms with Crippen LogP contribution in [0.15, 0.2) is 35.6 Å². The molecule has 72 valence electrons. The number of hydrogen-bond donors (Lipinski definition) is 1. The molecule has 0 aromatic rings. The predicted molar refractivity (Wildman–Crippen MR) is 56.6 cm³/mol. The van der Waals surface area contributed by atoms with Gasteiger partial charge in [0.05, 0.1) is 0 Å². The van der Waals surface area contributed by atoms with Gasteiger partial charge in [-0.2, -0.15) is 0 Å². The van der Waals surface area contributed by atoms with Crippen LogP contribution in [0.4, 0.5) is 0 Å². The molecule has 0 fully saturated rings. The third-order valence-electron chi connectivity index (χ3n) is 2.75. The van der Waals surface area contributed by atoms with Crippen LogP contribution in [0.5, 0.6) is 0 Å². The third-order valence-corrected chi connectivity index (χ3v) is 2.75. The Morgan fingerprint density at radius 1 is 1.62 bits per heavy atom. The van der Waals surface area contributed by atoms with E-state index < -0.39 is 0 Å². The molecule has 1 heteroatoms. The van der Waals surface area contributed by atoms with Gasteiger partial charge in [-0.25, -0.2) is 0 Å². The predicted octanol–water partition coefficient (Wildman–Crippen LogP) is 3.61. The van der Waals surface area contributed by atoms with Gasteiger partial charge < -0.3 is 5.11 Å². The summed E-state index contributed by atoms with van der Waals surface area (Å²) in [4.78, 5) is 0. The molecular weight excluding hydrogens is 160 g/mol. The lowest BCUT2D eigenvalue weighted by atomic mass is 9.81. The van der Waals surface area contributed by atoms with E-state index in [1.807, 2.05) is 26.0 Å². The number of aliphatic hydroxyl groups excluding tert-OH is 1. The maximum Gasteiger partial charge on any atom is 0.115 e. The molecule has 0 heterocycles. The van der Waals surface area contributed by atoms with Gasteiger partial charge in [-0.3, -0.25) is 0 Å². The molecule has 13 heavy (non-hydrogen) atoms. The average Bonchev–Trinajstić information content (AvgIpc) is 2.03. The van der Waals surface area contributed by atoms with Crippen molar-refractivity contribution in [1.82, 2.24) is 0 Å². The van der Waals surface area contributed by atoms with Crippen LogP contribution >= 0.6 is 0 Å². The molecule has 1 aliphatic carbocycles. The van der Waals surface area contributed by atoms with E-state index in [0.717, 1.165) is 12.0 Å². The summed E-state index contributed by atoms with van der Waals surface area (Å²) < 4.78 is 0. The number of rotatable bonds is 1. The zero-order valence-corrected chi connectivity index (χ0v) is 8.67. The lowest BCUT2D eigenvalue weighted by molar-refractivity contribution is 0.369. The lowest BCUT2D eigenvalue weighted by Gasteiger charge is -2.26. The Bertz CT molecular complexity index is 267. The van der Waals surface area contributed by atoms with E-state index >= 15 is 0 Å². The van der Waals surface area contributed by atoms with Gasteiger partial charge in [-0.1, -0.05) is 18.6 Å². The highest BCUT2D eigenvalue weighted by Gasteiger charge is 2.22. The fraction of sp³-hybridized carbons (Fsp3) is 0.500. The van der Waals surface area contributed by atoms with Crippen LogP contribution in [0.2, 0.25) is 0 Å². The summed E-state index contributed by atoms with van der Waals surface area (Å²) in [6.07, 6.45) is 4.84. The van der Waals surface area contributed by atoms with Gasteiger partial charge in [0.15, 0.2) is 0 Å². The topological polar surface area (TPSA) is 20.2 Å². The molecule has 1 N–H and O–H groups in total. The fourth-order valence-electron chi connectivity index (χ4n) is 1.76. The summed E-state index contributed by atoms with van der Waals surface area (Å²) in [6.45, 7) is 10.0. The van der Waals surface area contributed by atoms with Gasteiger partial charge in [-0.05, 0) is 43.8 Å². The number of hydrogen-bond acceptors (Lipinski definition) is 1. The Kier molecular flexibility index (Phi) is 2.97. The minimum atomic E-state index is 0.403. The quantitative estimate of drug-likeness (QED) is 0.608. The second kappa shape index (κ2) is 3.82. The highest BCUT2D eigenvalue weighted by molar-refractivity contribution is 5.33. The summed E-state index contributed by atoms with van der Waals surface area (Å²) in [6, 6.07) is 0. The largest absolute Gasteiger partial charge is 0.508 e. The zero-order valence-electron chi connectivity index (χ0n) is 8.67. The standard InChI is InChI=1S/C12H18O/c1-5-10-7-11(8(2)3)12(13)6-9(10)4/h5-6,9-10,13H,1,7H2,2-4H3. The van der Waals surface area contributed by atoms with Crippen LogP contribution in [0.1, 0.15) is 27.2 Å². The van der Waals surface area contributed by atoms with Gasteiger partial charge in [0, 0.05) is 0 Å². The maximum absolute atomic E-state index is 9.69. The highest BCUT2D eigenvalue weighted by atomic mass is 16.3. The van der Waals surface area contributed by atoms with Crippen molar-refractivity contribution in [2.45, 2.75) is 27.2 Å². The molecule has 0 radical (unpaired) electrons. The van der Waals surface area contributed by atoms with Crippen LogP contribution in [-0.4, -0.2) is 5.11 Å². The minimum Gasteiger partial charge on any atom is -0.508 e. The van der Waals surface area contributed by atoms with E-state index in [-0.39, 0.29) is 0 Å². The van der Waals surface area contributed by atoms with Gasteiger partial charge in [0.25, 0.3) is 0 Å². The summed E-state index contributed by atoms with van der Waals surface area (Å²) in [5.41, 5.74) is 2.29. The summed E-state index contributed by atoms with van der Waals surface area (Å²) in [5, 5.41) is 9.69. The molecule has 1 aliphatic rings. The van der Waals surface area contributed by atoms with Gasteiger partial charge in [0.1, 0.15) is 5.76 Å². The first-order chi connectivity index (χ1) is 6.06. The summed E-state index contributed by atoms with van der Waals surface area (Å²) >= 11 is 0. The molecule has 0 spiro atoms. The monoisotopic (exact) mass is 178 g/mol. The minimum absolute atomic E-state index is 0.403. The molecule has 1 nitrogen and oxygen atoms in total. The van der Waals surface area contributed by atoms with Crippen molar-refractivity contribution in [3.63, 3.8) is 0 Å². The third kappa shape index (κ3) is 2.03. The van der Waals surface area contributed by atoms with Crippen LogP contribution in [0.25, 0.3) is 0 Å². The van der Waals surface area contributed by atoms with Crippen molar-refractivity contribution in [3.8, 4) is 0 Å². The molecule has 0 saturated carbocycles. The fourth-order valence-corrected chi connectivity index (χ4v) is 1.76. The second-order valence-corrected chi connectivity index (χ2v) is 3.99. The summed E-state index contributed by atoms with van der Waals surface area (Å²) in [5.74, 6) is 1.34. The number of aliphatic hydroxyl groups is 1. The Morgan fingerprint density at radius 3 is 2.69 bits per heavy atom. The SMILES string of the molecule is C=CC1CC(=C(C)C)C(O)=CC1C. The van der Waals surface area contributed by atoms with Crippen LogP contribution in [0, 0.1) is 11.8 Å². The lowest BCUT2D eigenvalue weighted by Crippen LogP contribution is -2.15. The molecule has 0 aliphatic heterocycles.